The van der Waals surface area contributed by atoms with Crippen LogP contribution in [0.3, 0.4) is 0 Å². The number of nitrogens with zero attached hydrogens (tertiary/aromatic N) is 2. The first kappa shape index (κ1) is 23.5. The fourth-order valence-corrected chi connectivity index (χ4v) is 4.90. The van der Waals surface area contributed by atoms with Gasteiger partial charge in [-0.05, 0) is 64.5 Å². The molecule has 1 aliphatic heterocycles. The molecule has 7 nitrogen and oxygen atoms in total. The second-order valence-corrected chi connectivity index (χ2v) is 9.09. The maximum absolute atomic E-state index is 12.7. The average molecular weight is 570 g/mol. The van der Waals surface area contributed by atoms with E-state index in [1.165, 1.54) is 7.11 Å². The first-order valence-electron chi connectivity index (χ1n) is 9.54. The van der Waals surface area contributed by atoms with E-state index in [1.54, 1.807) is 19.1 Å². The number of methoxy groups -OCH3 is 1. The Balaban J connectivity index is 1.59. The summed E-state index contributed by atoms with van der Waals surface area (Å²) >= 11 is 12.1. The van der Waals surface area contributed by atoms with Gasteiger partial charge in [-0.25, -0.2) is 0 Å². The van der Waals surface area contributed by atoms with Crippen LogP contribution in [0.25, 0.3) is 0 Å². The summed E-state index contributed by atoms with van der Waals surface area (Å²) in [4.78, 5) is 28.2. The van der Waals surface area contributed by atoms with E-state index in [-0.39, 0.29) is 16.9 Å². The number of ether oxygens (including phenoxy) is 1. The average Bonchev–Trinajstić information content (AvgIpc) is 2.73. The van der Waals surface area contributed by atoms with Gasteiger partial charge in [0, 0.05) is 49.0 Å². The number of hydrogen-bond acceptors (Lipinski definition) is 5. The van der Waals surface area contributed by atoms with Gasteiger partial charge in [0.15, 0.2) is 5.11 Å². The second kappa shape index (κ2) is 10.4. The van der Waals surface area contributed by atoms with E-state index < -0.39 is 0 Å². The van der Waals surface area contributed by atoms with E-state index >= 15 is 0 Å². The standard InChI is InChI=1S/C21H22Br2N4O3S/c1-13(28)26-7-9-27(10-8-26)16-5-3-15(4-6-16)24-21(31)25-20(29)17-11-14(22)12-18(23)19(17)30-2/h3-6,11-12H,7-10H2,1-2H3,(H2,24,25,29,31). The van der Waals surface area contributed by atoms with Crippen molar-refractivity contribution in [1.29, 1.82) is 0 Å². The lowest BCUT2D eigenvalue weighted by molar-refractivity contribution is -0.129. The number of rotatable bonds is 4. The summed E-state index contributed by atoms with van der Waals surface area (Å²) in [7, 11) is 1.50. The molecule has 31 heavy (non-hydrogen) atoms. The molecule has 0 aromatic heterocycles. The van der Waals surface area contributed by atoms with Crippen LogP contribution in [0.5, 0.6) is 5.75 Å². The third-order valence-electron chi connectivity index (χ3n) is 4.90. The minimum Gasteiger partial charge on any atom is -0.495 e. The van der Waals surface area contributed by atoms with Crippen molar-refractivity contribution in [2.75, 3.05) is 43.5 Å². The van der Waals surface area contributed by atoms with Gasteiger partial charge in [-0.3, -0.25) is 14.9 Å². The van der Waals surface area contributed by atoms with Crippen LogP contribution < -0.4 is 20.3 Å². The highest BCUT2D eigenvalue weighted by Crippen LogP contribution is 2.32. The smallest absolute Gasteiger partial charge is 0.261 e. The van der Waals surface area contributed by atoms with Crippen molar-refractivity contribution in [3.8, 4) is 5.75 Å². The van der Waals surface area contributed by atoms with Gasteiger partial charge in [0.2, 0.25) is 5.91 Å². The Morgan fingerprint density at radius 3 is 2.29 bits per heavy atom. The minimum absolute atomic E-state index is 0.114. The number of anilines is 2. The summed E-state index contributed by atoms with van der Waals surface area (Å²) in [6.07, 6.45) is 0. The summed E-state index contributed by atoms with van der Waals surface area (Å²) in [5.74, 6) is 0.164. The van der Waals surface area contributed by atoms with Crippen molar-refractivity contribution in [3.63, 3.8) is 0 Å². The van der Waals surface area contributed by atoms with Crippen molar-refractivity contribution in [2.24, 2.45) is 0 Å². The summed E-state index contributed by atoms with van der Waals surface area (Å²) in [5, 5.41) is 5.89. The van der Waals surface area contributed by atoms with Gasteiger partial charge in [0.05, 0.1) is 17.1 Å². The maximum Gasteiger partial charge on any atom is 0.261 e. The van der Waals surface area contributed by atoms with Crippen LogP contribution in [-0.4, -0.2) is 55.1 Å². The molecule has 2 amide bonds. The molecule has 164 valence electrons. The van der Waals surface area contributed by atoms with Gasteiger partial charge < -0.3 is 19.9 Å². The van der Waals surface area contributed by atoms with Crippen molar-refractivity contribution < 1.29 is 14.3 Å². The number of halogens is 2. The summed E-state index contributed by atoms with van der Waals surface area (Å²) in [6, 6.07) is 11.3. The number of carbonyl (C=O) groups is 2. The Bertz CT molecular complexity index is 993. The van der Waals surface area contributed by atoms with Crippen molar-refractivity contribution in [2.45, 2.75) is 6.92 Å². The molecule has 0 radical (unpaired) electrons. The molecular weight excluding hydrogens is 548 g/mol. The van der Waals surface area contributed by atoms with Crippen LogP contribution in [-0.2, 0) is 4.79 Å². The van der Waals surface area contributed by atoms with Crippen LogP contribution in [0.1, 0.15) is 17.3 Å². The lowest BCUT2D eigenvalue weighted by Gasteiger charge is -2.35. The molecule has 0 bridgehead atoms. The molecule has 0 aliphatic carbocycles. The lowest BCUT2D eigenvalue weighted by atomic mass is 10.2. The Morgan fingerprint density at radius 1 is 1.06 bits per heavy atom. The Kier molecular flexibility index (Phi) is 7.90. The predicted molar refractivity (Wildman–Crippen MR) is 133 cm³/mol. The fourth-order valence-electron chi connectivity index (χ4n) is 3.30. The zero-order chi connectivity index (χ0) is 22.5. The molecule has 0 unspecified atom stereocenters. The quantitative estimate of drug-likeness (QED) is 0.542. The number of nitrogens with one attached hydrogen (secondary N) is 2. The summed E-state index contributed by atoms with van der Waals surface area (Å²) in [6.45, 7) is 4.64. The number of carbonyl (C=O) groups excluding carboxylic acids is 2. The highest BCUT2D eigenvalue weighted by atomic mass is 79.9. The largest absolute Gasteiger partial charge is 0.495 e. The number of thiocarbonyl (C=S) groups is 1. The fraction of sp³-hybridized carbons (Fsp3) is 0.286. The van der Waals surface area contributed by atoms with Gasteiger partial charge in [0.25, 0.3) is 5.91 Å². The molecule has 2 aromatic carbocycles. The molecule has 1 heterocycles. The second-order valence-electron chi connectivity index (χ2n) is 6.92. The van der Waals surface area contributed by atoms with E-state index in [4.69, 9.17) is 17.0 Å². The third-order valence-corrected chi connectivity index (χ3v) is 6.15. The number of benzene rings is 2. The normalized spacial score (nSPS) is 13.5. The van der Waals surface area contributed by atoms with Gasteiger partial charge >= 0.3 is 0 Å². The molecule has 2 aromatic rings. The van der Waals surface area contributed by atoms with Crippen LogP contribution in [0.4, 0.5) is 11.4 Å². The van der Waals surface area contributed by atoms with Gasteiger partial charge in [-0.2, -0.15) is 0 Å². The van der Waals surface area contributed by atoms with Gasteiger partial charge in [-0.1, -0.05) is 15.9 Å². The number of piperazine rings is 1. The zero-order valence-corrected chi connectivity index (χ0v) is 21.1. The maximum atomic E-state index is 12.7. The molecule has 2 N–H and O–H groups in total. The third kappa shape index (κ3) is 5.96. The van der Waals surface area contributed by atoms with Crippen molar-refractivity contribution in [1.82, 2.24) is 10.2 Å². The Hall–Kier alpha value is -2.17. The monoisotopic (exact) mass is 568 g/mol. The van der Waals surface area contributed by atoms with E-state index in [0.717, 1.165) is 42.0 Å². The van der Waals surface area contributed by atoms with Crippen LogP contribution in [0.15, 0.2) is 45.3 Å². The highest BCUT2D eigenvalue weighted by molar-refractivity contribution is 9.11. The first-order chi connectivity index (χ1) is 14.8. The molecule has 1 fully saturated rings. The van der Waals surface area contributed by atoms with Crippen molar-refractivity contribution >= 4 is 72.4 Å². The van der Waals surface area contributed by atoms with E-state index in [2.05, 4.69) is 47.4 Å². The van der Waals surface area contributed by atoms with Crippen molar-refractivity contribution in [3.05, 3.63) is 50.9 Å². The van der Waals surface area contributed by atoms with Crippen LogP contribution in [0, 0.1) is 0 Å². The molecule has 10 heteroatoms. The molecule has 0 saturated carbocycles. The molecule has 1 aliphatic rings. The van der Waals surface area contributed by atoms with Crippen LogP contribution >= 0.6 is 44.1 Å². The van der Waals surface area contributed by atoms with Crippen LogP contribution in [0.2, 0.25) is 0 Å². The SMILES string of the molecule is COc1c(Br)cc(Br)cc1C(=O)NC(=S)Nc1ccc(N2CCN(C(C)=O)CC2)cc1. The summed E-state index contributed by atoms with van der Waals surface area (Å²) in [5.41, 5.74) is 2.19. The highest BCUT2D eigenvalue weighted by Gasteiger charge is 2.19. The lowest BCUT2D eigenvalue weighted by Crippen LogP contribution is -2.48. The number of amides is 2. The topological polar surface area (TPSA) is 73.9 Å². The first-order valence-corrected chi connectivity index (χ1v) is 11.5. The Labute approximate surface area is 203 Å². The summed E-state index contributed by atoms with van der Waals surface area (Å²) < 4.78 is 6.72. The van der Waals surface area contributed by atoms with E-state index in [9.17, 15) is 9.59 Å². The van der Waals surface area contributed by atoms with Gasteiger partial charge in [0.1, 0.15) is 5.75 Å². The van der Waals surface area contributed by atoms with Gasteiger partial charge in [-0.15, -0.1) is 0 Å². The zero-order valence-electron chi connectivity index (χ0n) is 17.1. The molecule has 3 rings (SSSR count). The van der Waals surface area contributed by atoms with E-state index in [1.807, 2.05) is 29.2 Å². The minimum atomic E-state index is -0.378. The Morgan fingerprint density at radius 2 is 1.71 bits per heavy atom. The molecule has 0 spiro atoms. The van der Waals surface area contributed by atoms with E-state index in [0.29, 0.717) is 15.8 Å². The molecule has 1 saturated heterocycles. The predicted octanol–water partition coefficient (Wildman–Crippen LogP) is 4.02. The molecular formula is C21H22Br2N4O3S. The number of hydrogen-bond donors (Lipinski definition) is 2. The molecule has 0 atom stereocenters.